The molecule has 162 valence electrons. The minimum absolute atomic E-state index is 0.0825. The Hall–Kier alpha value is -3.13. The predicted molar refractivity (Wildman–Crippen MR) is 125 cm³/mol. The molecule has 2 aromatic rings. The van der Waals surface area contributed by atoms with Crippen LogP contribution in [0.1, 0.15) is 37.3 Å². The second-order valence-corrected chi connectivity index (χ2v) is 8.55. The first kappa shape index (κ1) is 21.1. The number of carbonyl (C=O) groups excluding carboxylic acids is 1. The van der Waals surface area contributed by atoms with Gasteiger partial charge in [0.05, 0.1) is 5.71 Å². The van der Waals surface area contributed by atoms with Crippen LogP contribution in [0.25, 0.3) is 0 Å². The van der Waals surface area contributed by atoms with E-state index < -0.39 is 5.60 Å². The van der Waals surface area contributed by atoms with Gasteiger partial charge in [0.2, 0.25) is 5.91 Å². The zero-order chi connectivity index (χ0) is 22.0. The molecule has 31 heavy (non-hydrogen) atoms. The Morgan fingerprint density at radius 3 is 2.58 bits per heavy atom. The highest BCUT2D eigenvalue weighted by molar-refractivity contribution is 7.80. The zero-order valence-corrected chi connectivity index (χ0v) is 18.5. The van der Waals surface area contributed by atoms with Crippen LogP contribution in [-0.2, 0) is 4.79 Å². The number of hydrazone groups is 1. The number of hydrogen-bond acceptors (Lipinski definition) is 5. The number of likely N-dealkylation sites (tertiary alicyclic amines) is 1. The molecule has 2 aliphatic rings. The van der Waals surface area contributed by atoms with Gasteiger partial charge in [-0.2, -0.15) is 5.10 Å². The maximum absolute atomic E-state index is 11.7. The standard InChI is InChI=1S/C23H26N4O3S/c1-15-3-5-17(6-4-15)24-22(31)26-25-20-14-23(9-11-27(12-10-23)16(2)28)30-21-8-7-18(29)13-19(20)21/h3-8,13,29H,9-12,14H2,1-2H3,(H2,24,26,31)/b25-20+. The van der Waals surface area contributed by atoms with Crippen LogP contribution in [0, 0.1) is 6.92 Å². The van der Waals surface area contributed by atoms with E-state index in [1.165, 1.54) is 5.56 Å². The number of fused-ring (bicyclic) bond motifs is 1. The number of rotatable bonds is 2. The number of aryl methyl sites for hydroxylation is 1. The lowest BCUT2D eigenvalue weighted by Crippen LogP contribution is -2.52. The molecule has 4 rings (SSSR count). The number of anilines is 1. The van der Waals surface area contributed by atoms with Crippen LogP contribution in [0.4, 0.5) is 5.69 Å². The summed E-state index contributed by atoms with van der Waals surface area (Å²) in [5.41, 5.74) is 6.06. The van der Waals surface area contributed by atoms with Crippen molar-refractivity contribution in [3.8, 4) is 11.5 Å². The van der Waals surface area contributed by atoms with E-state index >= 15 is 0 Å². The van der Waals surface area contributed by atoms with Crippen LogP contribution < -0.4 is 15.5 Å². The molecule has 0 aromatic heterocycles. The second-order valence-electron chi connectivity index (χ2n) is 8.14. The van der Waals surface area contributed by atoms with Gasteiger partial charge in [0, 0.05) is 50.5 Å². The molecule has 3 N–H and O–H groups in total. The Balaban J connectivity index is 1.53. The van der Waals surface area contributed by atoms with Crippen LogP contribution in [0.5, 0.6) is 11.5 Å². The second kappa shape index (κ2) is 8.55. The summed E-state index contributed by atoms with van der Waals surface area (Å²) in [4.78, 5) is 13.6. The Morgan fingerprint density at radius 1 is 1.19 bits per heavy atom. The van der Waals surface area contributed by atoms with Gasteiger partial charge in [-0.1, -0.05) is 17.7 Å². The van der Waals surface area contributed by atoms with Gasteiger partial charge >= 0.3 is 0 Å². The number of phenols is 1. The highest BCUT2D eigenvalue weighted by Crippen LogP contribution is 2.40. The number of hydrogen-bond donors (Lipinski definition) is 3. The first-order chi connectivity index (χ1) is 14.8. The van der Waals surface area contributed by atoms with E-state index in [1.807, 2.05) is 36.1 Å². The Kier molecular flexibility index (Phi) is 5.82. The predicted octanol–water partition coefficient (Wildman–Crippen LogP) is 3.55. The third kappa shape index (κ3) is 4.80. The smallest absolute Gasteiger partial charge is 0.219 e. The van der Waals surface area contributed by atoms with Gasteiger partial charge in [-0.25, -0.2) is 0 Å². The van der Waals surface area contributed by atoms with Crippen molar-refractivity contribution in [1.82, 2.24) is 10.3 Å². The van der Waals surface area contributed by atoms with Crippen molar-refractivity contribution in [2.24, 2.45) is 5.10 Å². The van der Waals surface area contributed by atoms with E-state index in [1.54, 1.807) is 25.1 Å². The van der Waals surface area contributed by atoms with E-state index in [0.717, 1.165) is 29.8 Å². The lowest BCUT2D eigenvalue weighted by molar-refractivity contribution is -0.132. The highest BCUT2D eigenvalue weighted by atomic mass is 32.1. The van der Waals surface area contributed by atoms with E-state index in [9.17, 15) is 9.90 Å². The number of nitrogens with one attached hydrogen (secondary N) is 2. The average Bonchev–Trinajstić information content (AvgIpc) is 2.74. The molecule has 0 bridgehead atoms. The maximum atomic E-state index is 11.7. The Labute approximate surface area is 187 Å². The van der Waals surface area contributed by atoms with Crippen molar-refractivity contribution >= 4 is 34.6 Å². The number of amides is 1. The number of piperidine rings is 1. The van der Waals surface area contributed by atoms with Crippen molar-refractivity contribution < 1.29 is 14.6 Å². The van der Waals surface area contributed by atoms with Crippen LogP contribution in [0.3, 0.4) is 0 Å². The molecule has 8 heteroatoms. The molecular weight excluding hydrogens is 412 g/mol. The summed E-state index contributed by atoms with van der Waals surface area (Å²) in [7, 11) is 0. The summed E-state index contributed by atoms with van der Waals surface area (Å²) in [6, 6.07) is 12.9. The molecule has 0 unspecified atom stereocenters. The molecule has 0 aliphatic carbocycles. The van der Waals surface area contributed by atoms with Crippen molar-refractivity contribution in [2.75, 3.05) is 18.4 Å². The monoisotopic (exact) mass is 438 g/mol. The van der Waals surface area contributed by atoms with Gasteiger partial charge in [0.25, 0.3) is 0 Å². The van der Waals surface area contributed by atoms with E-state index in [2.05, 4.69) is 15.8 Å². The van der Waals surface area contributed by atoms with Crippen molar-refractivity contribution in [2.45, 2.75) is 38.7 Å². The number of nitrogens with zero attached hydrogens (tertiary/aromatic N) is 2. The first-order valence-corrected chi connectivity index (χ1v) is 10.7. The fourth-order valence-electron chi connectivity index (χ4n) is 4.02. The highest BCUT2D eigenvalue weighted by Gasteiger charge is 2.42. The average molecular weight is 439 g/mol. The third-order valence-electron chi connectivity index (χ3n) is 5.81. The molecule has 0 atom stereocenters. The topological polar surface area (TPSA) is 86.2 Å². The van der Waals surface area contributed by atoms with Gasteiger partial charge in [0.1, 0.15) is 17.1 Å². The molecule has 1 spiro atoms. The zero-order valence-electron chi connectivity index (χ0n) is 17.6. The molecule has 2 heterocycles. The van der Waals surface area contributed by atoms with Crippen molar-refractivity contribution in [1.29, 1.82) is 0 Å². The summed E-state index contributed by atoms with van der Waals surface area (Å²) >= 11 is 5.40. The molecule has 1 fully saturated rings. The number of benzene rings is 2. The lowest BCUT2D eigenvalue weighted by Gasteiger charge is -2.44. The molecule has 1 amide bonds. The molecule has 0 saturated carbocycles. The molecule has 7 nitrogen and oxygen atoms in total. The molecular formula is C23H26N4O3S. The lowest BCUT2D eigenvalue weighted by atomic mass is 9.82. The number of thiocarbonyl (C=S) groups is 1. The van der Waals surface area contributed by atoms with Gasteiger partial charge in [-0.15, -0.1) is 0 Å². The Morgan fingerprint density at radius 2 is 1.90 bits per heavy atom. The van der Waals surface area contributed by atoms with Crippen molar-refractivity contribution in [3.05, 3.63) is 53.6 Å². The van der Waals surface area contributed by atoms with Gasteiger partial charge < -0.3 is 20.1 Å². The number of phenolic OH excluding ortho intramolecular Hbond substituents is 1. The Bertz CT molecular complexity index is 1030. The van der Waals surface area contributed by atoms with Gasteiger partial charge in [-0.3, -0.25) is 10.2 Å². The van der Waals surface area contributed by atoms with Crippen LogP contribution in [0.15, 0.2) is 47.6 Å². The quantitative estimate of drug-likeness (QED) is 0.491. The number of aromatic hydroxyl groups is 1. The van der Waals surface area contributed by atoms with Crippen molar-refractivity contribution in [3.63, 3.8) is 0 Å². The first-order valence-electron chi connectivity index (χ1n) is 10.3. The van der Waals surface area contributed by atoms with E-state index in [4.69, 9.17) is 17.0 Å². The minimum Gasteiger partial charge on any atom is -0.508 e. The summed E-state index contributed by atoms with van der Waals surface area (Å²) in [6.45, 7) is 4.92. The SMILES string of the molecule is CC(=O)N1CCC2(CC1)C/C(=N\NC(=S)Nc1ccc(C)cc1)c1cc(O)ccc1O2. The molecule has 0 radical (unpaired) electrons. The van der Waals surface area contributed by atoms with Gasteiger partial charge in [-0.05, 0) is 49.5 Å². The summed E-state index contributed by atoms with van der Waals surface area (Å²) in [6.07, 6.45) is 2.01. The number of ether oxygens (including phenoxy) is 1. The van der Waals surface area contributed by atoms with Crippen LogP contribution >= 0.6 is 12.2 Å². The molecule has 2 aliphatic heterocycles. The normalized spacial score (nSPS) is 18.3. The van der Waals surface area contributed by atoms with Gasteiger partial charge in [0.15, 0.2) is 5.11 Å². The maximum Gasteiger partial charge on any atom is 0.219 e. The van der Waals surface area contributed by atoms with Crippen LogP contribution in [-0.4, -0.2) is 45.4 Å². The summed E-state index contributed by atoms with van der Waals surface area (Å²) in [5.74, 6) is 0.912. The third-order valence-corrected chi connectivity index (χ3v) is 6.01. The summed E-state index contributed by atoms with van der Waals surface area (Å²) < 4.78 is 6.38. The largest absolute Gasteiger partial charge is 0.508 e. The fraction of sp³-hybridized carbons (Fsp3) is 0.348. The minimum atomic E-state index is -0.428. The fourth-order valence-corrected chi connectivity index (χ4v) is 4.19. The van der Waals surface area contributed by atoms with E-state index in [0.29, 0.717) is 30.4 Å². The van der Waals surface area contributed by atoms with E-state index in [-0.39, 0.29) is 11.7 Å². The molecule has 1 saturated heterocycles. The number of carbonyl (C=O) groups is 1. The van der Waals surface area contributed by atoms with Crippen LogP contribution in [0.2, 0.25) is 0 Å². The molecule has 2 aromatic carbocycles. The summed E-state index contributed by atoms with van der Waals surface area (Å²) in [5, 5.41) is 18.1.